The minimum Gasteiger partial charge on any atom is -0.368 e. The maximum absolute atomic E-state index is 13.0. The Morgan fingerprint density at radius 1 is 1.33 bits per heavy atom. The van der Waals surface area contributed by atoms with Gasteiger partial charge in [-0.3, -0.25) is 0 Å². The van der Waals surface area contributed by atoms with Crippen LogP contribution in [-0.2, 0) is 0 Å². The molecule has 90 valence electrons. The van der Waals surface area contributed by atoms with E-state index in [4.69, 9.17) is 22.6 Å². The van der Waals surface area contributed by atoms with E-state index in [1.807, 2.05) is 0 Å². The first-order valence-electron chi connectivity index (χ1n) is 4.72. The summed E-state index contributed by atoms with van der Waals surface area (Å²) in [5.74, 6) is -0.704. The van der Waals surface area contributed by atoms with Crippen LogP contribution in [0.25, 0.3) is 0 Å². The Morgan fingerprint density at radius 3 is 2.83 bits per heavy atom. The molecule has 0 saturated heterocycles. The molecule has 0 aliphatic rings. The molecular formula is C10H6ClFN6. The molecule has 8 heteroatoms. The van der Waals surface area contributed by atoms with E-state index in [-0.39, 0.29) is 28.4 Å². The maximum atomic E-state index is 13.0. The van der Waals surface area contributed by atoms with Crippen LogP contribution in [0.4, 0.5) is 22.0 Å². The number of nitrogens with zero attached hydrogens (tertiary/aromatic N) is 4. The number of hydrogen-bond donors (Lipinski definition) is 2. The van der Waals surface area contributed by atoms with Crippen molar-refractivity contribution in [2.24, 2.45) is 0 Å². The minimum atomic E-state index is -0.468. The Morgan fingerprint density at radius 2 is 2.11 bits per heavy atom. The lowest BCUT2D eigenvalue weighted by atomic mass is 10.3. The average molecular weight is 265 g/mol. The maximum Gasteiger partial charge on any atom is 0.238 e. The molecule has 0 amide bonds. The summed E-state index contributed by atoms with van der Waals surface area (Å²) in [6.45, 7) is 0. The molecule has 0 saturated carbocycles. The second-order valence-corrected chi connectivity index (χ2v) is 3.61. The summed E-state index contributed by atoms with van der Waals surface area (Å²) in [6, 6.07) is 5.51. The lowest BCUT2D eigenvalue weighted by Crippen LogP contribution is -2.05. The molecular weight excluding hydrogens is 259 g/mol. The predicted octanol–water partition coefficient (Wildman–Crippen LogP) is 1.86. The molecule has 0 aliphatic carbocycles. The van der Waals surface area contributed by atoms with Gasteiger partial charge in [0.1, 0.15) is 11.9 Å². The molecule has 1 heterocycles. The molecule has 0 bridgehead atoms. The molecule has 2 aromatic rings. The van der Waals surface area contributed by atoms with E-state index in [2.05, 4.69) is 20.3 Å². The fraction of sp³-hybridized carbons (Fsp3) is 0. The van der Waals surface area contributed by atoms with Crippen LogP contribution in [-0.4, -0.2) is 15.0 Å². The van der Waals surface area contributed by atoms with E-state index in [0.29, 0.717) is 0 Å². The van der Waals surface area contributed by atoms with Crippen molar-refractivity contribution in [2.75, 3.05) is 11.1 Å². The Labute approximate surface area is 106 Å². The number of benzene rings is 1. The fourth-order valence-corrected chi connectivity index (χ4v) is 1.38. The van der Waals surface area contributed by atoms with Gasteiger partial charge in [-0.1, -0.05) is 11.6 Å². The Kier molecular flexibility index (Phi) is 3.21. The van der Waals surface area contributed by atoms with Crippen molar-refractivity contribution in [1.29, 1.82) is 5.26 Å². The number of aromatic nitrogens is 3. The largest absolute Gasteiger partial charge is 0.368 e. The molecule has 0 fully saturated rings. The van der Waals surface area contributed by atoms with Crippen LogP contribution in [0.15, 0.2) is 18.2 Å². The van der Waals surface area contributed by atoms with E-state index in [1.165, 1.54) is 18.2 Å². The molecule has 18 heavy (non-hydrogen) atoms. The smallest absolute Gasteiger partial charge is 0.238 e. The van der Waals surface area contributed by atoms with Crippen molar-refractivity contribution in [2.45, 2.75) is 0 Å². The third kappa shape index (κ3) is 2.61. The van der Waals surface area contributed by atoms with Gasteiger partial charge in [0.25, 0.3) is 0 Å². The third-order valence-electron chi connectivity index (χ3n) is 1.93. The van der Waals surface area contributed by atoms with Crippen LogP contribution in [0.2, 0.25) is 5.02 Å². The van der Waals surface area contributed by atoms with Gasteiger partial charge < -0.3 is 11.1 Å². The summed E-state index contributed by atoms with van der Waals surface area (Å²) < 4.78 is 13.0. The van der Waals surface area contributed by atoms with Gasteiger partial charge in [-0.15, -0.1) is 0 Å². The van der Waals surface area contributed by atoms with Gasteiger partial charge in [0.15, 0.2) is 0 Å². The van der Waals surface area contributed by atoms with Crippen LogP contribution >= 0.6 is 11.6 Å². The monoisotopic (exact) mass is 264 g/mol. The molecule has 1 aromatic carbocycles. The Bertz CT molecular complexity index is 639. The van der Waals surface area contributed by atoms with E-state index < -0.39 is 5.82 Å². The highest BCUT2D eigenvalue weighted by Crippen LogP contribution is 2.24. The summed E-state index contributed by atoms with van der Waals surface area (Å²) in [7, 11) is 0. The molecule has 0 atom stereocenters. The van der Waals surface area contributed by atoms with Crippen molar-refractivity contribution in [3.63, 3.8) is 0 Å². The quantitative estimate of drug-likeness (QED) is 0.859. The summed E-state index contributed by atoms with van der Waals surface area (Å²) in [6.07, 6.45) is 0. The zero-order chi connectivity index (χ0) is 13.1. The van der Waals surface area contributed by atoms with E-state index in [9.17, 15) is 4.39 Å². The minimum absolute atomic E-state index is 0.0200. The van der Waals surface area contributed by atoms with Crippen LogP contribution < -0.4 is 11.1 Å². The Balaban J connectivity index is 2.37. The standard InChI is InChI=1S/C10H6ClFN6/c11-6-2-1-5(12)3-7(6)15-10-17-8(4-13)16-9(14)18-10/h1-3H,(H3,14,15,16,17,18). The number of nitrogen functional groups attached to an aromatic ring is 1. The second kappa shape index (κ2) is 4.81. The van der Waals surface area contributed by atoms with Crippen molar-refractivity contribution in [3.8, 4) is 6.07 Å². The van der Waals surface area contributed by atoms with Gasteiger partial charge in [0.2, 0.25) is 17.7 Å². The summed E-state index contributed by atoms with van der Waals surface area (Å²) >= 11 is 5.86. The van der Waals surface area contributed by atoms with Crippen molar-refractivity contribution in [3.05, 3.63) is 34.9 Å². The molecule has 3 N–H and O–H groups in total. The first-order chi connectivity index (χ1) is 8.58. The van der Waals surface area contributed by atoms with Gasteiger partial charge in [0, 0.05) is 0 Å². The molecule has 0 spiro atoms. The number of nitriles is 1. The number of anilines is 3. The first kappa shape index (κ1) is 12.0. The van der Waals surface area contributed by atoms with Gasteiger partial charge >= 0.3 is 0 Å². The van der Waals surface area contributed by atoms with E-state index in [0.717, 1.165) is 0 Å². The zero-order valence-corrected chi connectivity index (χ0v) is 9.61. The summed E-state index contributed by atoms with van der Waals surface area (Å²) in [5.41, 5.74) is 5.67. The van der Waals surface area contributed by atoms with Crippen LogP contribution in [0.5, 0.6) is 0 Å². The SMILES string of the molecule is N#Cc1nc(N)nc(Nc2cc(F)ccc2Cl)n1. The average Bonchev–Trinajstić information content (AvgIpc) is 2.33. The molecule has 6 nitrogen and oxygen atoms in total. The van der Waals surface area contributed by atoms with Gasteiger partial charge in [-0.05, 0) is 18.2 Å². The number of halogens is 2. The van der Waals surface area contributed by atoms with Crippen molar-refractivity contribution >= 4 is 29.2 Å². The van der Waals surface area contributed by atoms with Crippen LogP contribution in [0.1, 0.15) is 5.82 Å². The van der Waals surface area contributed by atoms with E-state index >= 15 is 0 Å². The predicted molar refractivity (Wildman–Crippen MR) is 63.6 cm³/mol. The molecule has 0 radical (unpaired) electrons. The van der Waals surface area contributed by atoms with Crippen LogP contribution in [0.3, 0.4) is 0 Å². The summed E-state index contributed by atoms with van der Waals surface area (Å²) in [5, 5.41) is 11.6. The topological polar surface area (TPSA) is 101 Å². The zero-order valence-electron chi connectivity index (χ0n) is 8.85. The molecule has 2 rings (SSSR count). The van der Waals surface area contributed by atoms with Crippen molar-refractivity contribution in [1.82, 2.24) is 15.0 Å². The lowest BCUT2D eigenvalue weighted by molar-refractivity contribution is 0.628. The van der Waals surface area contributed by atoms with Gasteiger partial charge in [0.05, 0.1) is 10.7 Å². The van der Waals surface area contributed by atoms with E-state index in [1.54, 1.807) is 6.07 Å². The fourth-order valence-electron chi connectivity index (χ4n) is 1.21. The first-order valence-corrected chi connectivity index (χ1v) is 5.10. The van der Waals surface area contributed by atoms with Crippen LogP contribution in [0, 0.1) is 17.1 Å². The number of nitrogens with one attached hydrogen (secondary N) is 1. The van der Waals surface area contributed by atoms with Gasteiger partial charge in [-0.25, -0.2) is 4.39 Å². The highest BCUT2D eigenvalue weighted by molar-refractivity contribution is 6.33. The highest BCUT2D eigenvalue weighted by atomic mass is 35.5. The van der Waals surface area contributed by atoms with Crippen molar-refractivity contribution < 1.29 is 4.39 Å². The number of nitrogens with two attached hydrogens (primary N) is 1. The number of rotatable bonds is 2. The summed E-state index contributed by atoms with van der Waals surface area (Å²) in [4.78, 5) is 11.1. The highest BCUT2D eigenvalue weighted by Gasteiger charge is 2.07. The normalized spacial score (nSPS) is 9.83. The third-order valence-corrected chi connectivity index (χ3v) is 2.26. The molecule has 1 aromatic heterocycles. The lowest BCUT2D eigenvalue weighted by Gasteiger charge is -2.07. The molecule has 0 aliphatic heterocycles. The Hall–Kier alpha value is -2.46. The van der Waals surface area contributed by atoms with Gasteiger partial charge in [-0.2, -0.15) is 20.2 Å². The second-order valence-electron chi connectivity index (χ2n) is 3.20. The molecule has 0 unspecified atom stereocenters. The number of hydrogen-bond acceptors (Lipinski definition) is 6.